The van der Waals surface area contributed by atoms with Crippen molar-refractivity contribution in [1.82, 2.24) is 15.5 Å². The van der Waals surface area contributed by atoms with E-state index in [2.05, 4.69) is 68.9 Å². The number of nitriles is 1. The molecule has 35 heavy (non-hydrogen) atoms. The van der Waals surface area contributed by atoms with Gasteiger partial charge in [0.1, 0.15) is 11.6 Å². The molecule has 0 saturated carbocycles. The lowest BCUT2D eigenvalue weighted by Crippen LogP contribution is -2.26. The van der Waals surface area contributed by atoms with Crippen LogP contribution in [0.15, 0.2) is 95.4 Å². The minimum atomic E-state index is 0.0346. The second-order valence-electron chi connectivity index (χ2n) is 7.81. The van der Waals surface area contributed by atoms with Crippen LogP contribution in [0.4, 0.5) is 0 Å². The number of nitrogens with one attached hydrogen (secondary N) is 2. The summed E-state index contributed by atoms with van der Waals surface area (Å²) in [4.78, 5) is 13.5. The normalized spacial score (nSPS) is 16.1. The molecule has 1 fully saturated rings. The minimum Gasteiger partial charge on any atom is -0.385 e. The van der Waals surface area contributed by atoms with E-state index in [1.165, 1.54) is 11.8 Å². The maximum atomic E-state index is 11.8. The molecule has 5 nitrogen and oxygen atoms in total. The first-order chi connectivity index (χ1) is 16.8. The van der Waals surface area contributed by atoms with Crippen molar-refractivity contribution >= 4 is 17.7 Å². The molecule has 0 spiro atoms. The molecule has 0 bridgehead atoms. The molecule has 0 unspecified atom stereocenters. The number of allylic oxidation sites excluding steroid dienone is 9. The van der Waals surface area contributed by atoms with Crippen molar-refractivity contribution in [2.24, 2.45) is 5.92 Å². The Hall–Kier alpha value is -3.17. The summed E-state index contributed by atoms with van der Waals surface area (Å²) in [5, 5.41) is 16.6. The van der Waals surface area contributed by atoms with Gasteiger partial charge in [0, 0.05) is 31.0 Å². The molecule has 1 aliphatic rings. The zero-order chi connectivity index (χ0) is 26.6. The quantitative estimate of drug-likeness (QED) is 0.243. The molecule has 0 aromatic rings. The standard InChI is InChI=1S/C19H25N3OS.C10H17N/c1-6-8-9-16(10-14(3)4)12-21-15(5)17(11-20)19-22(7-2)18(23)13-24-19;1-4-7-9-10(8-5-2)11-6-3/h6,8-10,14,21H,1,5,7,12-13H2,2-4H3;4-5,7-9,11H,6H2,1-3H3/b9-8-,16-10+,19-17-;7-4-,8-5-,10-9+. The molecular formula is C29H42N4OS. The molecular weight excluding hydrogens is 452 g/mol. The number of carbonyl (C=O) groups is 1. The van der Waals surface area contributed by atoms with Crippen molar-refractivity contribution in [2.45, 2.75) is 41.5 Å². The predicted molar refractivity (Wildman–Crippen MR) is 153 cm³/mol. The Morgan fingerprint density at radius 3 is 2.43 bits per heavy atom. The fourth-order valence-electron chi connectivity index (χ4n) is 3.02. The molecule has 0 radical (unpaired) electrons. The van der Waals surface area contributed by atoms with Crippen LogP contribution in [0.2, 0.25) is 0 Å². The maximum Gasteiger partial charge on any atom is 0.237 e. The number of hydrogen-bond donors (Lipinski definition) is 2. The third kappa shape index (κ3) is 12.8. The highest BCUT2D eigenvalue weighted by Crippen LogP contribution is 2.32. The minimum absolute atomic E-state index is 0.0346. The summed E-state index contributed by atoms with van der Waals surface area (Å²) >= 11 is 1.39. The van der Waals surface area contributed by atoms with Crippen LogP contribution in [0.3, 0.4) is 0 Å². The van der Waals surface area contributed by atoms with Gasteiger partial charge in [-0.15, -0.1) is 0 Å². The Bertz CT molecular complexity index is 927. The monoisotopic (exact) mass is 494 g/mol. The molecule has 0 aromatic carbocycles. The Morgan fingerprint density at radius 1 is 1.20 bits per heavy atom. The third-order valence-corrected chi connectivity index (χ3v) is 5.61. The van der Waals surface area contributed by atoms with Crippen LogP contribution in [0, 0.1) is 17.2 Å². The van der Waals surface area contributed by atoms with E-state index in [0.29, 0.717) is 41.1 Å². The molecule has 1 aliphatic heterocycles. The van der Waals surface area contributed by atoms with E-state index < -0.39 is 0 Å². The van der Waals surface area contributed by atoms with Gasteiger partial charge in [0.15, 0.2) is 0 Å². The van der Waals surface area contributed by atoms with Crippen molar-refractivity contribution in [2.75, 3.05) is 25.4 Å². The van der Waals surface area contributed by atoms with Gasteiger partial charge in [-0.05, 0) is 51.3 Å². The van der Waals surface area contributed by atoms with Crippen LogP contribution in [-0.4, -0.2) is 36.2 Å². The Balaban J connectivity index is 0.000000883. The summed E-state index contributed by atoms with van der Waals surface area (Å²) < 4.78 is 0. The van der Waals surface area contributed by atoms with Crippen molar-refractivity contribution < 1.29 is 4.79 Å². The molecule has 0 atom stereocenters. The zero-order valence-electron chi connectivity index (χ0n) is 22.2. The number of nitrogens with zero attached hydrogens (tertiary/aromatic N) is 2. The number of hydrogen-bond acceptors (Lipinski definition) is 5. The van der Waals surface area contributed by atoms with Crippen LogP contribution in [0.25, 0.3) is 0 Å². The molecule has 190 valence electrons. The number of carbonyl (C=O) groups excluding carboxylic acids is 1. The lowest BCUT2D eigenvalue weighted by Gasteiger charge is -2.18. The van der Waals surface area contributed by atoms with Gasteiger partial charge < -0.3 is 15.5 Å². The highest BCUT2D eigenvalue weighted by atomic mass is 32.2. The molecule has 0 aliphatic carbocycles. The lowest BCUT2D eigenvalue weighted by atomic mass is 10.1. The topological polar surface area (TPSA) is 68.2 Å². The summed E-state index contributed by atoms with van der Waals surface area (Å²) in [6, 6.07) is 2.19. The summed E-state index contributed by atoms with van der Waals surface area (Å²) in [5.41, 5.74) is 3.23. The number of rotatable bonds is 12. The van der Waals surface area contributed by atoms with E-state index in [0.717, 1.165) is 17.8 Å². The summed E-state index contributed by atoms with van der Waals surface area (Å²) in [7, 11) is 0. The summed E-state index contributed by atoms with van der Waals surface area (Å²) in [6.07, 6.45) is 17.9. The van der Waals surface area contributed by atoms with Gasteiger partial charge >= 0.3 is 0 Å². The average molecular weight is 495 g/mol. The first-order valence-corrected chi connectivity index (χ1v) is 13.0. The van der Waals surface area contributed by atoms with E-state index in [1.54, 1.807) is 11.0 Å². The van der Waals surface area contributed by atoms with Crippen molar-refractivity contribution in [3.63, 3.8) is 0 Å². The van der Waals surface area contributed by atoms with Gasteiger partial charge in [-0.2, -0.15) is 5.26 Å². The zero-order valence-corrected chi connectivity index (χ0v) is 23.0. The van der Waals surface area contributed by atoms with E-state index in [-0.39, 0.29) is 5.91 Å². The molecule has 6 heteroatoms. The van der Waals surface area contributed by atoms with Crippen LogP contribution >= 0.6 is 11.8 Å². The van der Waals surface area contributed by atoms with Crippen molar-refractivity contribution in [1.29, 1.82) is 5.26 Å². The van der Waals surface area contributed by atoms with Crippen LogP contribution in [-0.2, 0) is 4.79 Å². The Labute approximate surface area is 217 Å². The fourth-order valence-corrected chi connectivity index (χ4v) is 4.13. The molecule has 1 heterocycles. The highest BCUT2D eigenvalue weighted by Gasteiger charge is 2.28. The second-order valence-corrected chi connectivity index (χ2v) is 8.77. The number of thioether (sulfide) groups is 1. The van der Waals surface area contributed by atoms with E-state index in [9.17, 15) is 10.1 Å². The van der Waals surface area contributed by atoms with Gasteiger partial charge in [0.2, 0.25) is 5.91 Å². The maximum absolute atomic E-state index is 11.8. The smallest absolute Gasteiger partial charge is 0.237 e. The molecule has 1 saturated heterocycles. The van der Waals surface area contributed by atoms with Crippen LogP contribution < -0.4 is 10.6 Å². The second kappa shape index (κ2) is 19.2. The van der Waals surface area contributed by atoms with Gasteiger partial charge in [0.25, 0.3) is 0 Å². The van der Waals surface area contributed by atoms with Gasteiger partial charge in [0.05, 0.1) is 10.8 Å². The van der Waals surface area contributed by atoms with E-state index in [4.69, 9.17) is 0 Å². The molecule has 2 N–H and O–H groups in total. The third-order valence-electron chi connectivity index (χ3n) is 4.52. The highest BCUT2D eigenvalue weighted by molar-refractivity contribution is 8.04. The first kappa shape index (κ1) is 31.8. The fraction of sp³-hybridized carbons (Fsp3) is 0.379. The van der Waals surface area contributed by atoms with Crippen LogP contribution in [0.1, 0.15) is 41.5 Å². The number of likely N-dealkylation sites (N-methyl/N-ethyl adjacent to an activating group) is 1. The molecule has 1 rings (SSSR count). The molecule has 0 aromatic heterocycles. The van der Waals surface area contributed by atoms with Crippen LogP contribution in [0.5, 0.6) is 0 Å². The van der Waals surface area contributed by atoms with Gasteiger partial charge in [-0.3, -0.25) is 4.79 Å². The predicted octanol–water partition coefficient (Wildman–Crippen LogP) is 6.38. The SMILES string of the molecule is C=C/C=C\C(=C/C(C)C)CNC(=C)/C(C#N)=C1\SCC(=O)N1CC.C\C=C/C=C(\C=C/C)NCC. The van der Waals surface area contributed by atoms with E-state index >= 15 is 0 Å². The first-order valence-electron chi connectivity index (χ1n) is 12.0. The van der Waals surface area contributed by atoms with Crippen molar-refractivity contribution in [3.8, 4) is 6.07 Å². The Morgan fingerprint density at radius 2 is 1.91 bits per heavy atom. The summed E-state index contributed by atoms with van der Waals surface area (Å²) in [5.74, 6) is 0.826. The number of amides is 1. The largest absolute Gasteiger partial charge is 0.385 e. The average Bonchev–Trinajstić information content (AvgIpc) is 3.20. The van der Waals surface area contributed by atoms with Crippen molar-refractivity contribution in [3.05, 3.63) is 95.4 Å². The lowest BCUT2D eigenvalue weighted by molar-refractivity contribution is -0.125. The van der Waals surface area contributed by atoms with E-state index in [1.807, 2.05) is 51.2 Å². The summed E-state index contributed by atoms with van der Waals surface area (Å²) in [6.45, 7) is 22.0. The van der Waals surface area contributed by atoms with Gasteiger partial charge in [-0.25, -0.2) is 0 Å². The van der Waals surface area contributed by atoms with Gasteiger partial charge in [-0.1, -0.05) is 81.3 Å². The Kier molecular flexibility index (Phi) is 17.4. The molecule has 1 amide bonds.